The minimum atomic E-state index is 0.848. The molecule has 0 amide bonds. The van der Waals surface area contributed by atoms with Crippen molar-refractivity contribution in [1.29, 1.82) is 0 Å². The zero-order valence-electron chi connectivity index (χ0n) is 54.7. The topological polar surface area (TPSA) is 41.1 Å². The third-order valence-corrected chi connectivity index (χ3v) is 21.1. The molecule has 101 heavy (non-hydrogen) atoms. The fourth-order valence-corrected chi connectivity index (χ4v) is 16.2. The Morgan fingerprint density at radius 1 is 0.178 bits per heavy atom. The first kappa shape index (κ1) is 56.7. The van der Waals surface area contributed by atoms with E-state index in [1.165, 1.54) is 82.5 Å². The van der Waals surface area contributed by atoms with Gasteiger partial charge in [-0.1, -0.05) is 249 Å². The molecule has 0 N–H and O–H groups in total. The molecule has 21 rings (SSSR count). The lowest BCUT2D eigenvalue weighted by Crippen LogP contribution is -1.94. The van der Waals surface area contributed by atoms with Gasteiger partial charge in [0.1, 0.15) is 16.7 Å². The summed E-state index contributed by atoms with van der Waals surface area (Å²) in [7, 11) is 0. The molecule has 0 bridgehead atoms. The summed E-state index contributed by atoms with van der Waals surface area (Å²) in [5, 5.41) is 11.4. The van der Waals surface area contributed by atoms with Crippen LogP contribution in [0.1, 0.15) is 0 Å². The standard InChI is InChI=1S/C96H59N3O2/c1-3-16-60(17-4-1)62-32-34-64(35-33-62)65-38-42-67(43-39-65)70-44-49-88-80(55-70)81-57-72(45-50-89(81)98(88)74-48-53-93-84(59-74)83-58-73(47-52-92(83)100-93)97-85-27-10-7-22-76(85)77-23-8-11-28-86(77)97)75-25-14-30-90-95(75)79-24-9-12-29-87(79)99(90)91-31-15-26-78-82-56-71(46-51-94(82)101-96(78)91)69-21-13-20-68(54-69)66-40-36-63(37-41-66)61-18-5-2-6-19-61/h1-59H. The van der Waals surface area contributed by atoms with Crippen LogP contribution in [0.25, 0.3) is 204 Å². The molecule has 0 unspecified atom stereocenters. The number of rotatable bonds is 10. The number of nitrogens with zero attached hydrogens (tertiary/aromatic N) is 3. The molecule has 470 valence electrons. The quantitative estimate of drug-likeness (QED) is 0.137. The Morgan fingerprint density at radius 3 is 1.10 bits per heavy atom. The van der Waals surface area contributed by atoms with E-state index in [9.17, 15) is 0 Å². The van der Waals surface area contributed by atoms with E-state index in [-0.39, 0.29) is 0 Å². The summed E-state index contributed by atoms with van der Waals surface area (Å²) in [4.78, 5) is 0. The zero-order valence-corrected chi connectivity index (χ0v) is 54.7. The summed E-state index contributed by atoms with van der Waals surface area (Å²) in [5.41, 5.74) is 29.8. The SMILES string of the molecule is c1ccc(-c2ccc(-c3ccc(-c4ccc5c(c4)c4cc(-c6cccc7c6c6ccccc6n7-c6cccc7c6oc6ccc(-c8cccc(-c9ccc(-c%10ccccc%10)cc9)c8)cc67)ccc4n5-c4ccc5oc6ccc(-n7c8ccccc8c8ccccc87)cc6c5c4)cc3)cc2)cc1. The van der Waals surface area contributed by atoms with Gasteiger partial charge in [-0.2, -0.15) is 0 Å². The Bertz CT molecular complexity index is 6850. The van der Waals surface area contributed by atoms with Crippen LogP contribution in [0.5, 0.6) is 0 Å². The molecule has 0 fully saturated rings. The molecule has 16 aromatic carbocycles. The molecule has 5 heteroatoms. The molecule has 5 aromatic heterocycles. The lowest BCUT2D eigenvalue weighted by atomic mass is 9.96. The van der Waals surface area contributed by atoms with Crippen molar-refractivity contribution in [3.63, 3.8) is 0 Å². The maximum absolute atomic E-state index is 7.02. The number of hydrogen-bond acceptors (Lipinski definition) is 2. The molecule has 0 spiro atoms. The Labute approximate surface area is 581 Å². The fourth-order valence-electron chi connectivity index (χ4n) is 16.2. The highest BCUT2D eigenvalue weighted by atomic mass is 16.3. The third-order valence-electron chi connectivity index (χ3n) is 21.1. The fraction of sp³-hybridized carbons (Fsp3) is 0. The summed E-state index contributed by atoms with van der Waals surface area (Å²) in [6.45, 7) is 0. The maximum atomic E-state index is 7.02. The van der Waals surface area contributed by atoms with E-state index in [1.807, 2.05) is 0 Å². The van der Waals surface area contributed by atoms with E-state index < -0.39 is 0 Å². The van der Waals surface area contributed by atoms with Gasteiger partial charge in [0.15, 0.2) is 5.58 Å². The average molecular weight is 1290 g/mol. The second kappa shape index (κ2) is 22.5. The van der Waals surface area contributed by atoms with Crippen molar-refractivity contribution in [1.82, 2.24) is 13.7 Å². The summed E-state index contributed by atoms with van der Waals surface area (Å²) in [5.74, 6) is 0. The highest BCUT2D eigenvalue weighted by Crippen LogP contribution is 2.46. The normalized spacial score (nSPS) is 12.0. The molecule has 5 heterocycles. The molecule has 21 aromatic rings. The van der Waals surface area contributed by atoms with Crippen molar-refractivity contribution in [2.75, 3.05) is 0 Å². The molecule has 0 aliphatic carbocycles. The van der Waals surface area contributed by atoms with E-state index in [0.717, 1.165) is 122 Å². The average Bonchev–Trinajstić information content (AvgIpc) is 1.57. The highest BCUT2D eigenvalue weighted by Gasteiger charge is 2.23. The molecule has 0 aliphatic heterocycles. The van der Waals surface area contributed by atoms with Gasteiger partial charge in [0, 0.05) is 65.2 Å². The summed E-state index contributed by atoms with van der Waals surface area (Å²) in [6.07, 6.45) is 0. The van der Waals surface area contributed by atoms with Gasteiger partial charge in [-0.15, -0.1) is 0 Å². The summed E-state index contributed by atoms with van der Waals surface area (Å²) < 4.78 is 21.0. The van der Waals surface area contributed by atoms with Crippen molar-refractivity contribution in [3.05, 3.63) is 358 Å². The Balaban J connectivity index is 0.693. The van der Waals surface area contributed by atoms with Gasteiger partial charge in [0.25, 0.3) is 0 Å². The third kappa shape index (κ3) is 9.11. The maximum Gasteiger partial charge on any atom is 0.159 e. The molecule has 5 nitrogen and oxygen atoms in total. The molecular weight excluding hydrogens is 1230 g/mol. The van der Waals surface area contributed by atoms with Gasteiger partial charge in [0.05, 0.1) is 38.8 Å². The Hall–Kier alpha value is -13.5. The van der Waals surface area contributed by atoms with Crippen LogP contribution in [0.2, 0.25) is 0 Å². The van der Waals surface area contributed by atoms with Gasteiger partial charge in [0.2, 0.25) is 0 Å². The molecule has 0 saturated heterocycles. The minimum Gasteiger partial charge on any atom is -0.456 e. The van der Waals surface area contributed by atoms with Crippen LogP contribution in [0.3, 0.4) is 0 Å². The summed E-state index contributed by atoms with van der Waals surface area (Å²) in [6, 6.07) is 130. The van der Waals surface area contributed by atoms with Gasteiger partial charge < -0.3 is 22.5 Å². The van der Waals surface area contributed by atoms with Gasteiger partial charge in [-0.3, -0.25) is 0 Å². The van der Waals surface area contributed by atoms with Crippen LogP contribution >= 0.6 is 0 Å². The summed E-state index contributed by atoms with van der Waals surface area (Å²) >= 11 is 0. The van der Waals surface area contributed by atoms with E-state index in [4.69, 9.17) is 8.83 Å². The lowest BCUT2D eigenvalue weighted by molar-refractivity contribution is 0.666. The zero-order chi connectivity index (χ0) is 66.2. The monoisotopic (exact) mass is 1290 g/mol. The lowest BCUT2D eigenvalue weighted by Gasteiger charge is -2.11. The van der Waals surface area contributed by atoms with E-state index in [2.05, 4.69) is 372 Å². The number of hydrogen-bond donors (Lipinski definition) is 0. The van der Waals surface area contributed by atoms with Crippen LogP contribution in [0.4, 0.5) is 0 Å². The molecular formula is C96H59N3O2. The van der Waals surface area contributed by atoms with Crippen molar-refractivity contribution in [2.24, 2.45) is 0 Å². The first-order valence-corrected chi connectivity index (χ1v) is 34.6. The number of fused-ring (bicyclic) bond motifs is 15. The van der Waals surface area contributed by atoms with E-state index in [1.54, 1.807) is 0 Å². The molecule has 0 saturated carbocycles. The predicted molar refractivity (Wildman–Crippen MR) is 422 cm³/mol. The Kier molecular flexibility index (Phi) is 12.7. The second-order valence-electron chi connectivity index (χ2n) is 26.7. The minimum absolute atomic E-state index is 0.848. The van der Waals surface area contributed by atoms with Crippen LogP contribution in [-0.2, 0) is 0 Å². The highest BCUT2D eigenvalue weighted by molar-refractivity contribution is 6.20. The van der Waals surface area contributed by atoms with Crippen LogP contribution in [-0.4, -0.2) is 13.7 Å². The first-order chi connectivity index (χ1) is 50.0. The van der Waals surface area contributed by atoms with Gasteiger partial charge in [-0.05, 0) is 187 Å². The van der Waals surface area contributed by atoms with Gasteiger partial charge in [-0.25, -0.2) is 0 Å². The van der Waals surface area contributed by atoms with Crippen molar-refractivity contribution in [2.45, 2.75) is 0 Å². The van der Waals surface area contributed by atoms with Crippen molar-refractivity contribution < 1.29 is 8.83 Å². The van der Waals surface area contributed by atoms with Crippen LogP contribution in [0.15, 0.2) is 367 Å². The van der Waals surface area contributed by atoms with Crippen LogP contribution < -0.4 is 0 Å². The first-order valence-electron chi connectivity index (χ1n) is 34.6. The predicted octanol–water partition coefficient (Wildman–Crippen LogP) is 26.4. The van der Waals surface area contributed by atoms with E-state index in [0.29, 0.717) is 0 Å². The number of benzene rings is 16. The molecule has 0 radical (unpaired) electrons. The number of furan rings is 2. The largest absolute Gasteiger partial charge is 0.456 e. The van der Waals surface area contributed by atoms with Crippen molar-refractivity contribution in [3.8, 4) is 95.0 Å². The smallest absolute Gasteiger partial charge is 0.159 e. The van der Waals surface area contributed by atoms with Crippen LogP contribution in [0, 0.1) is 0 Å². The molecule has 0 aliphatic rings. The number of para-hydroxylation sites is 4. The second-order valence-corrected chi connectivity index (χ2v) is 26.7. The van der Waals surface area contributed by atoms with Crippen molar-refractivity contribution >= 4 is 109 Å². The molecule has 0 atom stereocenters. The number of aromatic nitrogens is 3. The van der Waals surface area contributed by atoms with Gasteiger partial charge >= 0.3 is 0 Å². The Morgan fingerprint density at radius 2 is 0.525 bits per heavy atom. The van der Waals surface area contributed by atoms with E-state index >= 15 is 0 Å².